The van der Waals surface area contributed by atoms with Gasteiger partial charge in [-0.05, 0) is 25.0 Å². The van der Waals surface area contributed by atoms with Crippen LogP contribution in [0.2, 0.25) is 10.0 Å². The van der Waals surface area contributed by atoms with E-state index in [9.17, 15) is 8.42 Å². The average Bonchev–Trinajstić information content (AvgIpc) is 2.93. The molecule has 0 amide bonds. The van der Waals surface area contributed by atoms with Crippen molar-refractivity contribution in [2.75, 3.05) is 12.3 Å². The molecule has 118 valence electrons. The summed E-state index contributed by atoms with van der Waals surface area (Å²) in [5, 5.41) is 1.47. The Morgan fingerprint density at radius 3 is 2.43 bits per heavy atom. The van der Waals surface area contributed by atoms with Gasteiger partial charge in [0, 0.05) is 33.2 Å². The van der Waals surface area contributed by atoms with E-state index in [1.54, 1.807) is 18.2 Å². The van der Waals surface area contributed by atoms with Crippen LogP contribution in [-0.4, -0.2) is 26.0 Å². The van der Waals surface area contributed by atoms with Crippen LogP contribution in [0.5, 0.6) is 0 Å². The van der Waals surface area contributed by atoms with E-state index in [1.807, 2.05) is 11.8 Å². The van der Waals surface area contributed by atoms with Gasteiger partial charge in [0.25, 0.3) is 0 Å². The molecule has 1 saturated carbocycles. The van der Waals surface area contributed by atoms with E-state index < -0.39 is 10.0 Å². The highest BCUT2D eigenvalue weighted by Crippen LogP contribution is 2.29. The molecular weight excluding hydrogens is 349 g/mol. The summed E-state index contributed by atoms with van der Waals surface area (Å²) in [6.07, 6.45) is 5.11. The smallest absolute Gasteiger partial charge is 0.214 e. The van der Waals surface area contributed by atoms with Crippen molar-refractivity contribution in [1.29, 1.82) is 0 Å². The number of benzene rings is 1. The van der Waals surface area contributed by atoms with Gasteiger partial charge in [-0.25, -0.2) is 13.1 Å². The fourth-order valence-electron chi connectivity index (χ4n) is 2.39. The number of thioether (sulfide) groups is 1. The Morgan fingerprint density at radius 2 is 1.81 bits per heavy atom. The largest absolute Gasteiger partial charge is 0.215 e. The molecule has 1 N–H and O–H groups in total. The summed E-state index contributed by atoms with van der Waals surface area (Å²) >= 11 is 13.9. The number of hydrogen-bond acceptors (Lipinski definition) is 3. The monoisotopic (exact) mass is 367 g/mol. The highest BCUT2D eigenvalue weighted by Gasteiger charge is 2.18. The van der Waals surface area contributed by atoms with E-state index in [0.717, 1.165) is 5.75 Å². The molecule has 7 heteroatoms. The van der Waals surface area contributed by atoms with Crippen molar-refractivity contribution >= 4 is 45.0 Å². The van der Waals surface area contributed by atoms with Crippen molar-refractivity contribution in [2.24, 2.45) is 0 Å². The lowest BCUT2D eigenvalue weighted by molar-refractivity contribution is 0.583. The zero-order valence-corrected chi connectivity index (χ0v) is 14.8. The van der Waals surface area contributed by atoms with Crippen LogP contribution in [-0.2, 0) is 15.8 Å². The van der Waals surface area contributed by atoms with Gasteiger partial charge in [-0.15, -0.1) is 0 Å². The Kier molecular flexibility index (Phi) is 6.69. The molecule has 0 saturated heterocycles. The van der Waals surface area contributed by atoms with Gasteiger partial charge in [-0.2, -0.15) is 11.8 Å². The minimum absolute atomic E-state index is 0.181. The van der Waals surface area contributed by atoms with Crippen molar-refractivity contribution in [3.8, 4) is 0 Å². The summed E-state index contributed by atoms with van der Waals surface area (Å²) in [4.78, 5) is 0. The molecule has 0 atom stereocenters. The molecule has 0 radical (unpaired) electrons. The van der Waals surface area contributed by atoms with Crippen molar-refractivity contribution in [1.82, 2.24) is 4.72 Å². The predicted octanol–water partition coefficient (Wildman–Crippen LogP) is 4.09. The van der Waals surface area contributed by atoms with E-state index in [4.69, 9.17) is 23.2 Å². The third-order valence-electron chi connectivity index (χ3n) is 3.48. The minimum atomic E-state index is -3.41. The van der Waals surface area contributed by atoms with Crippen LogP contribution in [0.1, 0.15) is 31.2 Å². The minimum Gasteiger partial charge on any atom is -0.214 e. The summed E-state index contributed by atoms with van der Waals surface area (Å²) in [5.41, 5.74) is 0.455. The van der Waals surface area contributed by atoms with Gasteiger partial charge in [-0.1, -0.05) is 42.1 Å². The standard InChI is InChI=1S/C14H19Cl2NO2S2/c15-13-6-3-7-14(16)12(13)10-21(18,19)17-8-9-20-11-4-1-2-5-11/h3,6-7,11,17H,1-2,4-5,8-10H2. The zero-order chi connectivity index (χ0) is 15.3. The first-order valence-electron chi connectivity index (χ1n) is 7.00. The summed E-state index contributed by atoms with van der Waals surface area (Å²) < 4.78 is 26.7. The normalized spacial score (nSPS) is 16.5. The fourth-order valence-corrected chi connectivity index (χ4v) is 5.63. The van der Waals surface area contributed by atoms with Crippen LogP contribution in [0.15, 0.2) is 18.2 Å². The lowest BCUT2D eigenvalue weighted by atomic mass is 10.2. The first kappa shape index (κ1) is 17.4. The van der Waals surface area contributed by atoms with Crippen LogP contribution in [0.4, 0.5) is 0 Å². The molecule has 0 bridgehead atoms. The van der Waals surface area contributed by atoms with Gasteiger partial charge in [0.2, 0.25) is 10.0 Å². The van der Waals surface area contributed by atoms with Gasteiger partial charge in [0.05, 0.1) is 5.75 Å². The van der Waals surface area contributed by atoms with Gasteiger partial charge < -0.3 is 0 Å². The first-order chi connectivity index (χ1) is 9.98. The summed E-state index contributed by atoms with van der Waals surface area (Å²) in [6, 6.07) is 4.99. The maximum absolute atomic E-state index is 12.1. The predicted molar refractivity (Wildman–Crippen MR) is 91.8 cm³/mol. The molecule has 21 heavy (non-hydrogen) atoms. The lowest BCUT2D eigenvalue weighted by Crippen LogP contribution is -2.28. The SMILES string of the molecule is O=S(=O)(Cc1c(Cl)cccc1Cl)NCCSC1CCCC1. The molecule has 2 rings (SSSR count). The van der Waals surface area contributed by atoms with E-state index in [0.29, 0.717) is 27.4 Å². The number of nitrogens with one attached hydrogen (secondary N) is 1. The fraction of sp³-hybridized carbons (Fsp3) is 0.571. The van der Waals surface area contributed by atoms with Crippen molar-refractivity contribution in [3.63, 3.8) is 0 Å². The molecular formula is C14H19Cl2NO2S2. The van der Waals surface area contributed by atoms with Crippen molar-refractivity contribution < 1.29 is 8.42 Å². The van der Waals surface area contributed by atoms with E-state index in [1.165, 1.54) is 25.7 Å². The second-order valence-electron chi connectivity index (χ2n) is 5.13. The maximum atomic E-state index is 12.1. The van der Waals surface area contributed by atoms with E-state index in [2.05, 4.69) is 4.72 Å². The lowest BCUT2D eigenvalue weighted by Gasteiger charge is -2.11. The molecule has 1 fully saturated rings. The van der Waals surface area contributed by atoms with Gasteiger partial charge in [0.15, 0.2) is 0 Å². The van der Waals surface area contributed by atoms with Crippen LogP contribution < -0.4 is 4.72 Å². The molecule has 0 heterocycles. The molecule has 0 aliphatic heterocycles. The number of halogens is 2. The second kappa shape index (κ2) is 8.06. The van der Waals surface area contributed by atoms with E-state index >= 15 is 0 Å². The Balaban J connectivity index is 1.81. The van der Waals surface area contributed by atoms with Crippen LogP contribution >= 0.6 is 35.0 Å². The molecule has 0 aromatic heterocycles. The second-order valence-corrected chi connectivity index (χ2v) is 9.16. The number of sulfonamides is 1. The summed E-state index contributed by atoms with van der Waals surface area (Å²) in [6.45, 7) is 0.450. The third kappa shape index (κ3) is 5.64. The van der Waals surface area contributed by atoms with Gasteiger partial charge in [-0.3, -0.25) is 0 Å². The molecule has 0 unspecified atom stereocenters. The highest BCUT2D eigenvalue weighted by molar-refractivity contribution is 8.00. The Labute approximate surface area is 140 Å². The molecule has 1 aliphatic rings. The first-order valence-corrected chi connectivity index (χ1v) is 10.5. The van der Waals surface area contributed by atoms with Gasteiger partial charge >= 0.3 is 0 Å². The summed E-state index contributed by atoms with van der Waals surface area (Å²) in [7, 11) is -3.41. The van der Waals surface area contributed by atoms with Gasteiger partial charge in [0.1, 0.15) is 0 Å². The van der Waals surface area contributed by atoms with Crippen LogP contribution in [0.3, 0.4) is 0 Å². The van der Waals surface area contributed by atoms with Crippen LogP contribution in [0, 0.1) is 0 Å². The molecule has 1 aromatic carbocycles. The number of hydrogen-bond donors (Lipinski definition) is 1. The number of rotatable bonds is 7. The topological polar surface area (TPSA) is 46.2 Å². The van der Waals surface area contributed by atoms with Crippen molar-refractivity contribution in [2.45, 2.75) is 36.7 Å². The average molecular weight is 368 g/mol. The third-order valence-corrected chi connectivity index (χ3v) is 6.88. The van der Waals surface area contributed by atoms with E-state index in [-0.39, 0.29) is 5.75 Å². The quantitative estimate of drug-likeness (QED) is 0.738. The molecule has 1 aliphatic carbocycles. The molecule has 3 nitrogen and oxygen atoms in total. The molecule has 0 spiro atoms. The highest BCUT2D eigenvalue weighted by atomic mass is 35.5. The van der Waals surface area contributed by atoms with Crippen LogP contribution in [0.25, 0.3) is 0 Å². The Morgan fingerprint density at radius 1 is 1.19 bits per heavy atom. The summed E-state index contributed by atoms with van der Waals surface area (Å²) in [5.74, 6) is 0.625. The molecule has 1 aromatic rings. The Bertz CT molecular complexity index is 552. The zero-order valence-electron chi connectivity index (χ0n) is 11.6. The maximum Gasteiger partial charge on any atom is 0.215 e. The van der Waals surface area contributed by atoms with Crippen molar-refractivity contribution in [3.05, 3.63) is 33.8 Å². The Hall–Kier alpha value is 0.0600.